The van der Waals surface area contributed by atoms with E-state index in [9.17, 15) is 34.2 Å². The van der Waals surface area contributed by atoms with Gasteiger partial charge in [-0.1, -0.05) is 30.3 Å². The van der Waals surface area contributed by atoms with E-state index in [4.69, 9.17) is 37.9 Å². The molecule has 45 heavy (non-hydrogen) atoms. The standard InChI is InChI=1S/C29H39NO15/c1-14(32)30-22-25(23(37)20(11-31)43-28(22)39-12-19-9-7-6-8-10-19)45-29-27(42-18(5)36)26(41-17(4)35)24(40-16(3)34)21(44-29)13-38-15(2)33/h6-10,20-29,31,37H,11-13H2,1-5H3,(H,30,32)/t20-,21-,22-,23+,24+,25-,26+,27-,28-,29+/m1/s1. The van der Waals surface area contributed by atoms with Crippen molar-refractivity contribution in [2.45, 2.75) is 103 Å². The highest BCUT2D eigenvalue weighted by Crippen LogP contribution is 2.34. The lowest BCUT2D eigenvalue weighted by molar-refractivity contribution is -0.347. The highest BCUT2D eigenvalue weighted by atomic mass is 16.7. The molecule has 0 spiro atoms. The molecule has 0 radical (unpaired) electrons. The van der Waals surface area contributed by atoms with Gasteiger partial charge in [-0.25, -0.2) is 0 Å². The number of amides is 1. The molecule has 0 unspecified atom stereocenters. The first-order valence-corrected chi connectivity index (χ1v) is 14.1. The second-order valence-corrected chi connectivity index (χ2v) is 10.4. The molecular formula is C29H39NO15. The number of hydrogen-bond acceptors (Lipinski definition) is 15. The second kappa shape index (κ2) is 16.6. The van der Waals surface area contributed by atoms with E-state index in [1.165, 1.54) is 6.92 Å². The minimum Gasteiger partial charge on any atom is -0.463 e. The number of rotatable bonds is 12. The van der Waals surface area contributed by atoms with Crippen LogP contribution in [0.25, 0.3) is 0 Å². The maximum absolute atomic E-state index is 12.3. The number of hydrogen-bond donors (Lipinski definition) is 3. The second-order valence-electron chi connectivity index (χ2n) is 10.4. The van der Waals surface area contributed by atoms with Crippen molar-refractivity contribution in [3.05, 3.63) is 35.9 Å². The van der Waals surface area contributed by atoms with E-state index in [2.05, 4.69) is 5.32 Å². The van der Waals surface area contributed by atoms with Gasteiger partial charge in [0.25, 0.3) is 0 Å². The zero-order valence-electron chi connectivity index (χ0n) is 25.5. The molecule has 250 valence electrons. The fraction of sp³-hybridized carbons (Fsp3) is 0.621. The number of esters is 4. The van der Waals surface area contributed by atoms with Crippen LogP contribution in [0.3, 0.4) is 0 Å². The first-order valence-electron chi connectivity index (χ1n) is 14.1. The van der Waals surface area contributed by atoms with Crippen LogP contribution in [-0.2, 0) is 68.5 Å². The fourth-order valence-corrected chi connectivity index (χ4v) is 4.97. The van der Waals surface area contributed by atoms with E-state index in [0.717, 1.165) is 33.3 Å². The zero-order chi connectivity index (χ0) is 33.3. The molecule has 0 aromatic heterocycles. The van der Waals surface area contributed by atoms with Gasteiger partial charge in [-0.15, -0.1) is 0 Å². The van der Waals surface area contributed by atoms with Crippen molar-refractivity contribution in [1.82, 2.24) is 5.32 Å². The van der Waals surface area contributed by atoms with Gasteiger partial charge >= 0.3 is 23.9 Å². The van der Waals surface area contributed by atoms with Crippen molar-refractivity contribution in [2.75, 3.05) is 13.2 Å². The summed E-state index contributed by atoms with van der Waals surface area (Å²) < 4.78 is 45.2. The first kappa shape index (κ1) is 35.8. The Balaban J connectivity index is 2.03. The monoisotopic (exact) mass is 641 g/mol. The molecule has 2 heterocycles. The van der Waals surface area contributed by atoms with E-state index in [0.29, 0.717) is 0 Å². The van der Waals surface area contributed by atoms with Crippen LogP contribution >= 0.6 is 0 Å². The van der Waals surface area contributed by atoms with Gasteiger partial charge in [-0.3, -0.25) is 24.0 Å². The van der Waals surface area contributed by atoms with Gasteiger partial charge in [0.2, 0.25) is 5.91 Å². The Hall–Kier alpha value is -3.67. The summed E-state index contributed by atoms with van der Waals surface area (Å²) in [6.45, 7) is 4.38. The highest BCUT2D eigenvalue weighted by Gasteiger charge is 2.56. The van der Waals surface area contributed by atoms with E-state index in [-0.39, 0.29) is 6.61 Å². The Labute approximate surface area is 259 Å². The molecule has 16 heteroatoms. The molecule has 0 aliphatic carbocycles. The molecule has 0 saturated carbocycles. The molecule has 2 aliphatic rings. The molecule has 2 fully saturated rings. The van der Waals surface area contributed by atoms with Gasteiger partial charge in [0.05, 0.1) is 13.2 Å². The summed E-state index contributed by atoms with van der Waals surface area (Å²) in [5.74, 6) is -3.79. The van der Waals surface area contributed by atoms with Gasteiger partial charge in [-0.2, -0.15) is 0 Å². The maximum atomic E-state index is 12.3. The summed E-state index contributed by atoms with van der Waals surface area (Å²) >= 11 is 0. The van der Waals surface area contributed by atoms with E-state index >= 15 is 0 Å². The van der Waals surface area contributed by atoms with Gasteiger partial charge in [0.15, 0.2) is 30.9 Å². The van der Waals surface area contributed by atoms with Crippen molar-refractivity contribution in [2.24, 2.45) is 0 Å². The Morgan fingerprint density at radius 3 is 1.89 bits per heavy atom. The fourth-order valence-electron chi connectivity index (χ4n) is 4.97. The predicted octanol–water partition coefficient (Wildman–Crippen LogP) is -0.746. The number of carbonyl (C=O) groups excluding carboxylic acids is 5. The van der Waals surface area contributed by atoms with Crippen LogP contribution in [-0.4, -0.2) is 115 Å². The van der Waals surface area contributed by atoms with Gasteiger partial charge < -0.3 is 53.4 Å². The van der Waals surface area contributed by atoms with Crippen LogP contribution in [0.4, 0.5) is 0 Å². The largest absolute Gasteiger partial charge is 0.463 e. The third-order valence-corrected chi connectivity index (χ3v) is 6.72. The van der Waals surface area contributed by atoms with Crippen molar-refractivity contribution >= 4 is 29.8 Å². The topological polar surface area (TPSA) is 212 Å². The lowest BCUT2D eigenvalue weighted by Crippen LogP contribution is -2.68. The molecular weight excluding hydrogens is 602 g/mol. The SMILES string of the molecule is CC(=O)N[C@H]1[C@H](OCc2ccccc2)O[C@H](CO)[C@H](O)[C@@H]1O[C@@H]1O[C@H](COC(C)=O)[C@H](OC(C)=O)[C@H](OC(C)=O)[C@H]1OC(C)=O. The zero-order valence-corrected chi connectivity index (χ0v) is 25.5. The predicted molar refractivity (Wildman–Crippen MR) is 147 cm³/mol. The maximum Gasteiger partial charge on any atom is 0.303 e. The van der Waals surface area contributed by atoms with Crippen LogP contribution in [0.5, 0.6) is 0 Å². The van der Waals surface area contributed by atoms with Crippen LogP contribution in [0, 0.1) is 0 Å². The number of aliphatic hydroxyl groups excluding tert-OH is 2. The minimum atomic E-state index is -1.69. The average molecular weight is 642 g/mol. The first-order chi connectivity index (χ1) is 21.3. The lowest BCUT2D eigenvalue weighted by Gasteiger charge is -2.48. The quantitative estimate of drug-likeness (QED) is 0.189. The number of nitrogens with one attached hydrogen (secondary N) is 1. The van der Waals surface area contributed by atoms with Gasteiger partial charge in [-0.05, 0) is 5.56 Å². The third kappa shape index (κ3) is 10.2. The normalized spacial score (nSPS) is 31.3. The lowest BCUT2D eigenvalue weighted by atomic mass is 9.95. The van der Waals surface area contributed by atoms with Gasteiger partial charge in [0, 0.05) is 34.6 Å². The molecule has 10 atom stereocenters. The summed E-state index contributed by atoms with van der Waals surface area (Å²) in [5.41, 5.74) is 0.756. The van der Waals surface area contributed by atoms with E-state index in [1.54, 1.807) is 24.3 Å². The number of carbonyl (C=O) groups is 5. The highest BCUT2D eigenvalue weighted by molar-refractivity contribution is 5.73. The summed E-state index contributed by atoms with van der Waals surface area (Å²) in [6, 6.07) is 7.76. The van der Waals surface area contributed by atoms with Crippen LogP contribution in [0.2, 0.25) is 0 Å². The number of ether oxygens (including phenoxy) is 8. The van der Waals surface area contributed by atoms with E-state index in [1.807, 2.05) is 6.07 Å². The molecule has 0 bridgehead atoms. The van der Waals surface area contributed by atoms with Crippen molar-refractivity contribution in [3.8, 4) is 0 Å². The van der Waals surface area contributed by atoms with Crippen LogP contribution in [0.15, 0.2) is 30.3 Å². The summed E-state index contributed by atoms with van der Waals surface area (Å²) in [4.78, 5) is 60.3. The smallest absolute Gasteiger partial charge is 0.303 e. The Kier molecular flexibility index (Phi) is 13.2. The molecule has 3 N–H and O–H groups in total. The number of benzene rings is 1. The molecule has 3 rings (SSSR count). The van der Waals surface area contributed by atoms with E-state index < -0.39 is 104 Å². The summed E-state index contributed by atoms with van der Waals surface area (Å²) in [5, 5.41) is 23.9. The average Bonchev–Trinajstić information content (AvgIpc) is 2.96. The van der Waals surface area contributed by atoms with Gasteiger partial charge in [0.1, 0.15) is 37.1 Å². The van der Waals surface area contributed by atoms with Crippen molar-refractivity contribution in [3.63, 3.8) is 0 Å². The summed E-state index contributed by atoms with van der Waals surface area (Å²) in [7, 11) is 0. The van der Waals surface area contributed by atoms with Crippen molar-refractivity contribution < 1.29 is 72.1 Å². The minimum absolute atomic E-state index is 0.0155. The van der Waals surface area contributed by atoms with Crippen LogP contribution < -0.4 is 5.32 Å². The molecule has 16 nitrogen and oxygen atoms in total. The Morgan fingerprint density at radius 2 is 1.33 bits per heavy atom. The molecule has 2 aliphatic heterocycles. The Bertz CT molecular complexity index is 1180. The summed E-state index contributed by atoms with van der Waals surface area (Å²) in [6.07, 6.45) is -13.2. The molecule has 2 saturated heterocycles. The molecule has 1 aromatic carbocycles. The van der Waals surface area contributed by atoms with Crippen molar-refractivity contribution in [1.29, 1.82) is 0 Å². The Morgan fingerprint density at radius 1 is 0.756 bits per heavy atom. The third-order valence-electron chi connectivity index (χ3n) is 6.72. The molecule has 1 aromatic rings. The van der Waals surface area contributed by atoms with Crippen LogP contribution in [0.1, 0.15) is 40.2 Å². The number of aliphatic hydroxyl groups is 2. The molecule has 1 amide bonds.